The van der Waals surface area contributed by atoms with Crippen molar-refractivity contribution in [3.8, 4) is 0 Å². The van der Waals surface area contributed by atoms with E-state index in [2.05, 4.69) is 31.1 Å². The molecule has 132 valence electrons. The van der Waals surface area contributed by atoms with Crippen LogP contribution >= 0.6 is 36.2 Å². The second kappa shape index (κ2) is 13.5. The Bertz CT molecular complexity index is 353. The summed E-state index contributed by atoms with van der Waals surface area (Å²) in [5.74, 6) is 0.763. The lowest BCUT2D eigenvalue weighted by Crippen LogP contribution is -2.45. The van der Waals surface area contributed by atoms with Crippen LogP contribution in [0, 0.1) is 5.92 Å². The van der Waals surface area contributed by atoms with Crippen LogP contribution in [0.1, 0.15) is 45.0 Å². The minimum Gasteiger partial charge on any atom is -0.390 e. The van der Waals surface area contributed by atoms with E-state index in [0.717, 1.165) is 17.3 Å². The molecular formula is C15H31Cl2N3OS. The topological polar surface area (TPSA) is 71.2 Å². The number of nitrogens with one attached hydrogen (secondary N) is 1. The SMILES string of the molecule is CC(C)CCCC(C)NC[C@@H](O)[C@@H](N)Cc1nccs1.Cl.Cl. The maximum atomic E-state index is 10.1. The third kappa shape index (κ3) is 10.8. The van der Waals surface area contributed by atoms with Crippen molar-refractivity contribution in [2.24, 2.45) is 11.7 Å². The molecule has 22 heavy (non-hydrogen) atoms. The zero-order valence-corrected chi connectivity index (χ0v) is 16.1. The fourth-order valence-corrected chi connectivity index (χ4v) is 2.79. The molecule has 1 rings (SSSR count). The highest BCUT2D eigenvalue weighted by molar-refractivity contribution is 7.09. The molecule has 0 aliphatic rings. The van der Waals surface area contributed by atoms with Gasteiger partial charge < -0.3 is 16.2 Å². The largest absolute Gasteiger partial charge is 0.390 e. The smallest absolute Gasteiger partial charge is 0.0941 e. The van der Waals surface area contributed by atoms with Crippen molar-refractivity contribution in [1.29, 1.82) is 0 Å². The molecular weight excluding hydrogens is 341 g/mol. The number of aromatic nitrogens is 1. The summed E-state index contributed by atoms with van der Waals surface area (Å²) in [5, 5.41) is 16.4. The molecule has 0 radical (unpaired) electrons. The first kappa shape index (κ1) is 24.3. The van der Waals surface area contributed by atoms with Crippen molar-refractivity contribution in [2.45, 2.75) is 64.6 Å². The molecule has 4 nitrogen and oxygen atoms in total. The number of nitrogens with two attached hydrogens (primary N) is 1. The number of thiazole rings is 1. The summed E-state index contributed by atoms with van der Waals surface area (Å²) >= 11 is 1.58. The Hall–Kier alpha value is 0.0900. The predicted molar refractivity (Wildman–Crippen MR) is 100 cm³/mol. The van der Waals surface area contributed by atoms with Gasteiger partial charge in [0.05, 0.1) is 11.1 Å². The van der Waals surface area contributed by atoms with Gasteiger partial charge in [0.2, 0.25) is 0 Å². The highest BCUT2D eigenvalue weighted by Crippen LogP contribution is 2.10. The van der Waals surface area contributed by atoms with Crippen molar-refractivity contribution in [2.75, 3.05) is 6.54 Å². The fourth-order valence-electron chi connectivity index (χ4n) is 2.10. The zero-order chi connectivity index (χ0) is 15.0. The van der Waals surface area contributed by atoms with Crippen LogP contribution in [0.4, 0.5) is 0 Å². The third-order valence-corrected chi connectivity index (χ3v) is 4.28. The monoisotopic (exact) mass is 371 g/mol. The molecule has 3 atom stereocenters. The Kier molecular flexibility index (Phi) is 15.0. The Labute approximate surface area is 151 Å². The number of halogens is 2. The van der Waals surface area contributed by atoms with Gasteiger partial charge in [-0.2, -0.15) is 0 Å². The quantitative estimate of drug-likeness (QED) is 0.590. The van der Waals surface area contributed by atoms with Gasteiger partial charge in [0, 0.05) is 36.6 Å². The molecule has 0 amide bonds. The molecule has 0 fully saturated rings. The molecule has 0 aliphatic heterocycles. The van der Waals surface area contributed by atoms with Crippen LogP contribution < -0.4 is 11.1 Å². The van der Waals surface area contributed by atoms with E-state index in [0.29, 0.717) is 19.0 Å². The first-order valence-electron chi connectivity index (χ1n) is 7.54. The van der Waals surface area contributed by atoms with Crippen molar-refractivity contribution in [3.05, 3.63) is 16.6 Å². The van der Waals surface area contributed by atoms with Crippen LogP contribution in [0.3, 0.4) is 0 Å². The molecule has 0 aromatic carbocycles. The Morgan fingerprint density at radius 2 is 1.95 bits per heavy atom. The maximum Gasteiger partial charge on any atom is 0.0941 e. The van der Waals surface area contributed by atoms with E-state index >= 15 is 0 Å². The molecule has 0 bridgehead atoms. The molecule has 4 N–H and O–H groups in total. The highest BCUT2D eigenvalue weighted by atomic mass is 35.5. The van der Waals surface area contributed by atoms with Crippen LogP contribution in [0.2, 0.25) is 0 Å². The Morgan fingerprint density at radius 1 is 1.27 bits per heavy atom. The summed E-state index contributed by atoms with van der Waals surface area (Å²) in [7, 11) is 0. The number of rotatable bonds is 10. The van der Waals surface area contributed by atoms with Gasteiger partial charge in [-0.05, 0) is 19.3 Å². The minimum absolute atomic E-state index is 0. The van der Waals surface area contributed by atoms with Crippen molar-refractivity contribution >= 4 is 36.2 Å². The first-order chi connectivity index (χ1) is 9.49. The van der Waals surface area contributed by atoms with E-state index < -0.39 is 6.10 Å². The molecule has 1 aromatic rings. The van der Waals surface area contributed by atoms with Crippen LogP contribution in [0.15, 0.2) is 11.6 Å². The van der Waals surface area contributed by atoms with Crippen LogP contribution in [0.5, 0.6) is 0 Å². The molecule has 1 aromatic heterocycles. The average Bonchev–Trinajstić information content (AvgIpc) is 2.88. The standard InChI is InChI=1S/C15H29N3OS.2ClH/c1-11(2)5-4-6-12(3)18-10-14(19)13(16)9-15-17-7-8-20-15;;/h7-8,11-14,18-19H,4-6,9-10,16H2,1-3H3;2*1H/t12?,13-,14+;;/m0../s1. The van der Waals surface area contributed by atoms with Gasteiger partial charge in [-0.15, -0.1) is 36.2 Å². The second-order valence-electron chi connectivity index (χ2n) is 6.00. The number of aliphatic hydroxyl groups is 1. The van der Waals surface area contributed by atoms with Gasteiger partial charge in [0.25, 0.3) is 0 Å². The van der Waals surface area contributed by atoms with Crippen LogP contribution in [-0.2, 0) is 6.42 Å². The van der Waals surface area contributed by atoms with E-state index in [-0.39, 0.29) is 30.9 Å². The van der Waals surface area contributed by atoms with Gasteiger partial charge >= 0.3 is 0 Å². The van der Waals surface area contributed by atoms with Crippen molar-refractivity contribution < 1.29 is 5.11 Å². The van der Waals surface area contributed by atoms with Crippen LogP contribution in [0.25, 0.3) is 0 Å². The van der Waals surface area contributed by atoms with E-state index in [1.807, 2.05) is 5.38 Å². The maximum absolute atomic E-state index is 10.1. The van der Waals surface area contributed by atoms with Crippen molar-refractivity contribution in [3.63, 3.8) is 0 Å². The number of nitrogens with zero attached hydrogens (tertiary/aromatic N) is 1. The summed E-state index contributed by atoms with van der Waals surface area (Å²) in [6.07, 6.45) is 5.53. The normalized spacial score (nSPS) is 14.8. The van der Waals surface area contributed by atoms with Crippen molar-refractivity contribution in [1.82, 2.24) is 10.3 Å². The van der Waals surface area contributed by atoms with E-state index in [9.17, 15) is 5.11 Å². The Morgan fingerprint density at radius 3 is 2.50 bits per heavy atom. The number of aliphatic hydroxyl groups excluding tert-OH is 1. The second-order valence-corrected chi connectivity index (χ2v) is 6.97. The molecule has 7 heteroatoms. The lowest BCUT2D eigenvalue weighted by atomic mass is 10.0. The van der Waals surface area contributed by atoms with E-state index in [1.165, 1.54) is 12.8 Å². The minimum atomic E-state index is -0.522. The number of hydrogen-bond acceptors (Lipinski definition) is 5. The lowest BCUT2D eigenvalue weighted by Gasteiger charge is -2.21. The average molecular weight is 372 g/mol. The molecule has 0 saturated carbocycles. The summed E-state index contributed by atoms with van der Waals surface area (Å²) < 4.78 is 0. The van der Waals surface area contributed by atoms with Gasteiger partial charge in [-0.25, -0.2) is 4.98 Å². The van der Waals surface area contributed by atoms with E-state index in [1.54, 1.807) is 17.5 Å². The Balaban J connectivity index is 0. The van der Waals surface area contributed by atoms with Gasteiger partial charge in [0.1, 0.15) is 0 Å². The van der Waals surface area contributed by atoms with Gasteiger partial charge in [-0.3, -0.25) is 0 Å². The van der Waals surface area contributed by atoms with Gasteiger partial charge in [-0.1, -0.05) is 26.7 Å². The third-order valence-electron chi connectivity index (χ3n) is 3.48. The summed E-state index contributed by atoms with van der Waals surface area (Å²) in [6.45, 7) is 7.22. The molecule has 0 aliphatic carbocycles. The summed E-state index contributed by atoms with van der Waals surface area (Å²) in [6, 6.07) is 0.173. The summed E-state index contributed by atoms with van der Waals surface area (Å²) in [5.41, 5.74) is 6.01. The fraction of sp³-hybridized carbons (Fsp3) is 0.800. The molecule has 0 saturated heterocycles. The molecule has 1 unspecified atom stereocenters. The zero-order valence-electron chi connectivity index (χ0n) is 13.7. The van der Waals surface area contributed by atoms with E-state index in [4.69, 9.17) is 5.73 Å². The molecule has 1 heterocycles. The molecule has 0 spiro atoms. The van der Waals surface area contributed by atoms with Gasteiger partial charge in [0.15, 0.2) is 0 Å². The lowest BCUT2D eigenvalue weighted by molar-refractivity contribution is 0.138. The highest BCUT2D eigenvalue weighted by Gasteiger charge is 2.17. The predicted octanol–water partition coefficient (Wildman–Crippen LogP) is 3.02. The van der Waals surface area contributed by atoms with Crippen LogP contribution in [-0.4, -0.2) is 34.8 Å². The number of hydrogen-bond donors (Lipinski definition) is 3. The summed E-state index contributed by atoms with van der Waals surface area (Å²) in [4.78, 5) is 4.20. The first-order valence-corrected chi connectivity index (χ1v) is 8.42.